The zero-order valence-corrected chi connectivity index (χ0v) is 17.9. The molecule has 0 bridgehead atoms. The number of rotatable bonds is 5. The Labute approximate surface area is 194 Å². The van der Waals surface area contributed by atoms with Gasteiger partial charge in [0, 0.05) is 36.1 Å². The Hall–Kier alpha value is -3.51. The third-order valence-corrected chi connectivity index (χ3v) is 5.65. The molecule has 1 aliphatic rings. The molecule has 0 radical (unpaired) electrons. The molecule has 1 N–H and O–H groups in total. The predicted molar refractivity (Wildman–Crippen MR) is 110 cm³/mol. The predicted octanol–water partition coefficient (Wildman–Crippen LogP) is 5.73. The number of nitrogens with one attached hydrogen (secondary N) is 1. The van der Waals surface area contributed by atoms with Gasteiger partial charge in [0.15, 0.2) is 5.69 Å². The zero-order chi connectivity index (χ0) is 25.4. The van der Waals surface area contributed by atoms with Crippen LogP contribution in [0.2, 0.25) is 0 Å². The number of carbonyl (C=O) groups excluding carboxylic acids is 1. The number of aromatic nitrogens is 4. The highest BCUT2D eigenvalue weighted by atomic mass is 19.4. The molecule has 2 aromatic heterocycles. The third-order valence-electron chi connectivity index (χ3n) is 5.65. The van der Waals surface area contributed by atoms with Gasteiger partial charge in [-0.3, -0.25) is 9.78 Å². The van der Waals surface area contributed by atoms with E-state index in [-0.39, 0.29) is 35.3 Å². The molecule has 35 heavy (non-hydrogen) atoms. The lowest BCUT2D eigenvalue weighted by atomic mass is 9.83. The van der Waals surface area contributed by atoms with Crippen LogP contribution in [0.4, 0.5) is 36.4 Å². The zero-order valence-electron chi connectivity index (χ0n) is 17.9. The van der Waals surface area contributed by atoms with Gasteiger partial charge in [-0.25, -0.2) is 22.2 Å². The fourth-order valence-electron chi connectivity index (χ4n) is 4.00. The number of halogens is 7. The highest BCUT2D eigenvalue weighted by molar-refractivity contribution is 6.05. The lowest BCUT2D eigenvalue weighted by Crippen LogP contribution is -2.25. The molecular weight excluding hydrogens is 483 g/mol. The molecule has 6 nitrogen and oxygen atoms in total. The van der Waals surface area contributed by atoms with Crippen molar-refractivity contribution >= 4 is 11.6 Å². The summed E-state index contributed by atoms with van der Waals surface area (Å²) in [6.45, 7) is -1.47. The maximum Gasteiger partial charge on any atom is 0.408 e. The number of carbonyl (C=O) groups is 1. The molecule has 1 aromatic carbocycles. The highest BCUT2D eigenvalue weighted by Crippen LogP contribution is 2.44. The first-order chi connectivity index (χ1) is 16.4. The van der Waals surface area contributed by atoms with Crippen molar-refractivity contribution in [3.8, 4) is 11.1 Å². The molecule has 0 saturated heterocycles. The van der Waals surface area contributed by atoms with Gasteiger partial charge in [-0.05, 0) is 37.1 Å². The van der Waals surface area contributed by atoms with Crippen molar-refractivity contribution in [1.82, 2.24) is 20.0 Å². The second kappa shape index (κ2) is 9.27. The Morgan fingerprint density at radius 2 is 1.83 bits per heavy atom. The number of alkyl halides is 5. The van der Waals surface area contributed by atoms with Crippen LogP contribution in [-0.2, 0) is 6.54 Å². The number of benzene rings is 1. The normalized spacial score (nSPS) is 16.3. The van der Waals surface area contributed by atoms with E-state index in [9.17, 15) is 35.5 Å². The minimum atomic E-state index is -4.59. The van der Waals surface area contributed by atoms with Gasteiger partial charge in [0.2, 0.25) is 5.92 Å². The maximum absolute atomic E-state index is 14.6. The van der Waals surface area contributed by atoms with Crippen LogP contribution in [0.5, 0.6) is 0 Å². The lowest BCUT2D eigenvalue weighted by molar-refractivity contribution is -0.142. The summed E-state index contributed by atoms with van der Waals surface area (Å²) in [6.07, 6.45) is -3.31. The Morgan fingerprint density at radius 1 is 1.11 bits per heavy atom. The molecule has 13 heteroatoms. The Morgan fingerprint density at radius 3 is 2.51 bits per heavy atom. The van der Waals surface area contributed by atoms with E-state index in [0.717, 1.165) is 24.4 Å². The van der Waals surface area contributed by atoms with E-state index in [2.05, 4.69) is 20.6 Å². The fourth-order valence-corrected chi connectivity index (χ4v) is 4.00. The number of hydrogen-bond acceptors (Lipinski definition) is 4. The summed E-state index contributed by atoms with van der Waals surface area (Å²) in [7, 11) is 0. The van der Waals surface area contributed by atoms with Gasteiger partial charge in [0.25, 0.3) is 5.91 Å². The topological polar surface area (TPSA) is 72.7 Å². The van der Waals surface area contributed by atoms with Crippen LogP contribution in [0, 0.1) is 11.6 Å². The van der Waals surface area contributed by atoms with Crippen molar-refractivity contribution in [2.24, 2.45) is 0 Å². The average Bonchev–Trinajstić information content (AvgIpc) is 3.23. The molecule has 2 heterocycles. The SMILES string of the molecule is O=C(Nc1c(-c2cc(F)ccc2F)ccnc1C1CCC(F)(F)CC1)c1cn(CC(F)(F)F)nn1. The molecule has 1 fully saturated rings. The van der Waals surface area contributed by atoms with Crippen molar-refractivity contribution in [2.75, 3.05) is 5.32 Å². The van der Waals surface area contributed by atoms with Crippen LogP contribution in [0.15, 0.2) is 36.7 Å². The summed E-state index contributed by atoms with van der Waals surface area (Å²) < 4.78 is 94.2. The molecule has 3 aromatic rings. The van der Waals surface area contributed by atoms with E-state index in [4.69, 9.17) is 0 Å². The summed E-state index contributed by atoms with van der Waals surface area (Å²) in [5.74, 6) is -5.92. The second-order valence-electron chi connectivity index (χ2n) is 8.24. The first-order valence-electron chi connectivity index (χ1n) is 10.5. The number of anilines is 1. The molecule has 1 amide bonds. The number of pyridine rings is 1. The van der Waals surface area contributed by atoms with Gasteiger partial charge >= 0.3 is 6.18 Å². The summed E-state index contributed by atoms with van der Waals surface area (Å²) in [6, 6.07) is 4.01. The first kappa shape index (κ1) is 24.6. The number of amides is 1. The average molecular weight is 501 g/mol. The van der Waals surface area contributed by atoms with Crippen LogP contribution >= 0.6 is 0 Å². The van der Waals surface area contributed by atoms with Crippen molar-refractivity contribution in [3.63, 3.8) is 0 Å². The summed E-state index contributed by atoms with van der Waals surface area (Å²) in [5, 5.41) is 9.17. The van der Waals surface area contributed by atoms with Gasteiger partial charge in [-0.1, -0.05) is 5.21 Å². The number of nitrogens with zero attached hydrogens (tertiary/aromatic N) is 4. The van der Waals surface area contributed by atoms with Gasteiger partial charge in [0.1, 0.15) is 18.2 Å². The minimum absolute atomic E-state index is 0.0275. The maximum atomic E-state index is 14.6. The minimum Gasteiger partial charge on any atom is -0.318 e. The number of hydrogen-bond donors (Lipinski definition) is 1. The second-order valence-corrected chi connectivity index (χ2v) is 8.24. The molecule has 0 spiro atoms. The fraction of sp³-hybridized carbons (Fsp3) is 0.364. The van der Waals surface area contributed by atoms with E-state index in [0.29, 0.717) is 4.68 Å². The highest BCUT2D eigenvalue weighted by Gasteiger charge is 2.37. The largest absolute Gasteiger partial charge is 0.408 e. The van der Waals surface area contributed by atoms with Gasteiger partial charge in [-0.15, -0.1) is 5.10 Å². The van der Waals surface area contributed by atoms with Crippen molar-refractivity contribution in [1.29, 1.82) is 0 Å². The molecule has 0 unspecified atom stereocenters. The quantitative estimate of drug-likeness (QED) is 0.454. The summed E-state index contributed by atoms with van der Waals surface area (Å²) >= 11 is 0. The van der Waals surface area contributed by atoms with E-state index < -0.39 is 60.6 Å². The molecule has 0 aliphatic heterocycles. The lowest BCUT2D eigenvalue weighted by Gasteiger charge is -2.29. The Kier molecular flexibility index (Phi) is 6.52. The Balaban J connectivity index is 1.73. The van der Waals surface area contributed by atoms with E-state index in [1.54, 1.807) is 0 Å². The van der Waals surface area contributed by atoms with Crippen LogP contribution in [0.3, 0.4) is 0 Å². The van der Waals surface area contributed by atoms with Gasteiger partial charge in [0.05, 0.1) is 17.6 Å². The van der Waals surface area contributed by atoms with E-state index >= 15 is 0 Å². The first-order valence-corrected chi connectivity index (χ1v) is 10.5. The van der Waals surface area contributed by atoms with Crippen molar-refractivity contribution < 1.29 is 35.5 Å². The summed E-state index contributed by atoms with van der Waals surface area (Å²) in [4.78, 5) is 17.1. The molecule has 1 aliphatic carbocycles. The van der Waals surface area contributed by atoms with E-state index in [1.807, 2.05) is 0 Å². The molecule has 186 valence electrons. The smallest absolute Gasteiger partial charge is 0.318 e. The van der Waals surface area contributed by atoms with E-state index in [1.165, 1.54) is 12.3 Å². The van der Waals surface area contributed by atoms with Crippen molar-refractivity contribution in [3.05, 3.63) is 59.7 Å². The van der Waals surface area contributed by atoms with Gasteiger partial charge in [-0.2, -0.15) is 13.2 Å². The van der Waals surface area contributed by atoms with Crippen LogP contribution < -0.4 is 5.32 Å². The van der Waals surface area contributed by atoms with Gasteiger partial charge < -0.3 is 5.32 Å². The Bertz CT molecular complexity index is 1230. The molecule has 4 rings (SSSR count). The van der Waals surface area contributed by atoms with Crippen molar-refractivity contribution in [2.45, 2.75) is 50.2 Å². The van der Waals surface area contributed by atoms with Crippen LogP contribution in [0.1, 0.15) is 47.8 Å². The monoisotopic (exact) mass is 501 g/mol. The summed E-state index contributed by atoms with van der Waals surface area (Å²) in [5.41, 5.74) is -0.545. The van der Waals surface area contributed by atoms with Crippen LogP contribution in [0.25, 0.3) is 11.1 Å². The molecule has 1 saturated carbocycles. The molecular formula is C22H18F7N5O. The van der Waals surface area contributed by atoms with Crippen LogP contribution in [-0.4, -0.2) is 38.0 Å². The third kappa shape index (κ3) is 5.77. The molecule has 0 atom stereocenters. The standard InChI is InChI=1S/C22H18F7N5O/c23-13-1-2-16(24)15(9-13)14-5-8-30-18(12-3-6-21(25,26)7-4-12)19(14)31-20(35)17-10-34(33-32-17)11-22(27,28)29/h1-2,5,8-10,12H,3-4,6-7,11H2,(H,31,35).